The Labute approximate surface area is 112 Å². The maximum absolute atomic E-state index is 11.5. The fourth-order valence-electron chi connectivity index (χ4n) is 1.49. The highest BCUT2D eigenvalue weighted by Gasteiger charge is 2.06. The molecule has 0 aliphatic carbocycles. The quantitative estimate of drug-likeness (QED) is 0.735. The van der Waals surface area contributed by atoms with Crippen LogP contribution in [0.4, 0.5) is 0 Å². The van der Waals surface area contributed by atoms with E-state index in [4.69, 9.17) is 16.3 Å². The Bertz CT molecular complexity index is 379. The average molecular weight is 274 g/mol. The third kappa shape index (κ3) is 5.06. The molecule has 0 aliphatic heterocycles. The topological polar surface area (TPSA) is 56.1 Å². The molecule has 1 rings (SSSR count). The molecule has 0 spiro atoms. The van der Waals surface area contributed by atoms with Gasteiger partial charge in [0.25, 0.3) is 0 Å². The van der Waals surface area contributed by atoms with Crippen LogP contribution in [0, 0.1) is 6.92 Å². The minimum Gasteiger partial charge on any atom is -0.382 e. The molecular formula is C12H20ClN3O2. The second-order valence-electron chi connectivity index (χ2n) is 3.95. The molecular weight excluding hydrogens is 254 g/mol. The molecule has 0 saturated carbocycles. The number of aromatic nitrogens is 2. The second kappa shape index (κ2) is 8.11. The molecule has 0 unspecified atom stereocenters. The first-order chi connectivity index (χ1) is 8.65. The Hall–Kier alpha value is -1.07. The predicted molar refractivity (Wildman–Crippen MR) is 70.7 cm³/mol. The van der Waals surface area contributed by atoms with Crippen molar-refractivity contribution in [1.29, 1.82) is 0 Å². The molecule has 1 heterocycles. The Kier molecular flexibility index (Phi) is 6.75. The van der Waals surface area contributed by atoms with Crippen LogP contribution in [0.5, 0.6) is 0 Å². The van der Waals surface area contributed by atoms with Gasteiger partial charge in [0, 0.05) is 26.2 Å². The van der Waals surface area contributed by atoms with Crippen LogP contribution in [0.1, 0.15) is 25.5 Å². The van der Waals surface area contributed by atoms with E-state index >= 15 is 0 Å². The van der Waals surface area contributed by atoms with Crippen LogP contribution in [0.3, 0.4) is 0 Å². The van der Waals surface area contributed by atoms with Gasteiger partial charge in [0.1, 0.15) is 0 Å². The molecule has 0 bridgehead atoms. The number of hydrogen-bond donors (Lipinski definition) is 1. The second-order valence-corrected chi connectivity index (χ2v) is 4.36. The average Bonchev–Trinajstić information content (AvgIpc) is 2.67. The summed E-state index contributed by atoms with van der Waals surface area (Å²) in [7, 11) is 0. The zero-order valence-corrected chi connectivity index (χ0v) is 11.7. The Balaban J connectivity index is 2.15. The van der Waals surface area contributed by atoms with E-state index in [1.807, 2.05) is 13.8 Å². The number of nitrogens with one attached hydrogen (secondary N) is 1. The summed E-state index contributed by atoms with van der Waals surface area (Å²) < 4.78 is 6.92. The van der Waals surface area contributed by atoms with Gasteiger partial charge in [-0.15, -0.1) is 0 Å². The fourth-order valence-corrected chi connectivity index (χ4v) is 1.63. The first kappa shape index (κ1) is 15.0. The number of hydrogen-bond acceptors (Lipinski definition) is 3. The summed E-state index contributed by atoms with van der Waals surface area (Å²) in [5, 5.41) is 7.57. The first-order valence-corrected chi connectivity index (χ1v) is 6.55. The smallest absolute Gasteiger partial charge is 0.221 e. The molecule has 0 saturated heterocycles. The zero-order valence-electron chi connectivity index (χ0n) is 10.9. The van der Waals surface area contributed by atoms with Crippen molar-refractivity contribution in [2.75, 3.05) is 19.8 Å². The van der Waals surface area contributed by atoms with Gasteiger partial charge in [-0.05, 0) is 20.3 Å². The Morgan fingerprint density at radius 3 is 3.00 bits per heavy atom. The van der Waals surface area contributed by atoms with E-state index in [9.17, 15) is 4.79 Å². The Morgan fingerprint density at radius 1 is 1.61 bits per heavy atom. The van der Waals surface area contributed by atoms with Gasteiger partial charge < -0.3 is 10.1 Å². The molecule has 0 aliphatic rings. The summed E-state index contributed by atoms with van der Waals surface area (Å²) in [5.41, 5.74) is 0.890. The molecule has 18 heavy (non-hydrogen) atoms. The largest absolute Gasteiger partial charge is 0.382 e. The number of nitrogens with zero attached hydrogens (tertiary/aromatic N) is 2. The summed E-state index contributed by atoms with van der Waals surface area (Å²) in [6.45, 7) is 6.44. The zero-order chi connectivity index (χ0) is 13.4. The van der Waals surface area contributed by atoms with Crippen LogP contribution < -0.4 is 5.32 Å². The third-order valence-corrected chi connectivity index (χ3v) is 2.96. The number of amides is 1. The van der Waals surface area contributed by atoms with Crippen molar-refractivity contribution in [1.82, 2.24) is 15.1 Å². The van der Waals surface area contributed by atoms with Crippen LogP contribution in [0.15, 0.2) is 6.20 Å². The lowest BCUT2D eigenvalue weighted by Crippen LogP contribution is -2.26. The van der Waals surface area contributed by atoms with Crippen LogP contribution in [-0.2, 0) is 16.1 Å². The molecule has 102 valence electrons. The van der Waals surface area contributed by atoms with Gasteiger partial charge in [0.2, 0.25) is 5.91 Å². The van der Waals surface area contributed by atoms with Gasteiger partial charge in [-0.25, -0.2) is 0 Å². The van der Waals surface area contributed by atoms with Crippen LogP contribution >= 0.6 is 11.6 Å². The van der Waals surface area contributed by atoms with Gasteiger partial charge in [-0.1, -0.05) is 11.6 Å². The van der Waals surface area contributed by atoms with Crippen molar-refractivity contribution in [3.8, 4) is 0 Å². The standard InChI is InChI=1S/C12H20ClN3O2/c1-3-18-8-4-6-14-12(17)5-7-16-10(2)11(13)9-15-16/h9H,3-8H2,1-2H3,(H,14,17). The van der Waals surface area contributed by atoms with E-state index in [1.165, 1.54) is 0 Å². The Morgan fingerprint density at radius 2 is 2.39 bits per heavy atom. The van der Waals surface area contributed by atoms with Gasteiger partial charge in [0.05, 0.1) is 23.5 Å². The van der Waals surface area contributed by atoms with Crippen molar-refractivity contribution in [3.63, 3.8) is 0 Å². The van der Waals surface area contributed by atoms with Gasteiger partial charge >= 0.3 is 0 Å². The molecule has 0 radical (unpaired) electrons. The predicted octanol–water partition coefficient (Wildman–Crippen LogP) is 1.78. The normalized spacial score (nSPS) is 10.6. The van der Waals surface area contributed by atoms with Gasteiger partial charge in [0.15, 0.2) is 0 Å². The lowest BCUT2D eigenvalue weighted by molar-refractivity contribution is -0.121. The maximum atomic E-state index is 11.5. The van der Waals surface area contributed by atoms with Crippen LogP contribution in [0.25, 0.3) is 0 Å². The van der Waals surface area contributed by atoms with E-state index < -0.39 is 0 Å². The highest BCUT2D eigenvalue weighted by Crippen LogP contribution is 2.13. The number of ether oxygens (including phenoxy) is 1. The molecule has 6 heteroatoms. The number of carbonyl (C=O) groups excluding carboxylic acids is 1. The monoisotopic (exact) mass is 273 g/mol. The fraction of sp³-hybridized carbons (Fsp3) is 0.667. The summed E-state index contributed by atoms with van der Waals surface area (Å²) in [5.74, 6) is 0.0255. The van der Waals surface area contributed by atoms with Crippen molar-refractivity contribution in [3.05, 3.63) is 16.9 Å². The van der Waals surface area contributed by atoms with E-state index in [0.717, 1.165) is 12.1 Å². The minimum atomic E-state index is 0.0255. The molecule has 0 fully saturated rings. The minimum absolute atomic E-state index is 0.0255. The van der Waals surface area contributed by atoms with E-state index in [1.54, 1.807) is 10.9 Å². The van der Waals surface area contributed by atoms with Crippen molar-refractivity contribution in [2.24, 2.45) is 0 Å². The number of aryl methyl sites for hydroxylation is 1. The third-order valence-electron chi connectivity index (χ3n) is 2.59. The van der Waals surface area contributed by atoms with Crippen molar-refractivity contribution < 1.29 is 9.53 Å². The summed E-state index contributed by atoms with van der Waals surface area (Å²) >= 11 is 5.88. The molecule has 1 N–H and O–H groups in total. The summed E-state index contributed by atoms with van der Waals surface area (Å²) in [4.78, 5) is 11.5. The molecule has 0 atom stereocenters. The van der Waals surface area contributed by atoms with Crippen LogP contribution in [0.2, 0.25) is 5.02 Å². The molecule has 1 aromatic heterocycles. The highest BCUT2D eigenvalue weighted by atomic mass is 35.5. The lowest BCUT2D eigenvalue weighted by atomic mass is 10.3. The molecule has 1 aromatic rings. The van der Waals surface area contributed by atoms with E-state index in [2.05, 4.69) is 10.4 Å². The molecule has 1 amide bonds. The van der Waals surface area contributed by atoms with Crippen molar-refractivity contribution in [2.45, 2.75) is 33.2 Å². The van der Waals surface area contributed by atoms with Gasteiger partial charge in [-0.3, -0.25) is 9.48 Å². The SMILES string of the molecule is CCOCCCNC(=O)CCn1ncc(Cl)c1C. The number of rotatable bonds is 8. The maximum Gasteiger partial charge on any atom is 0.221 e. The lowest BCUT2D eigenvalue weighted by Gasteiger charge is -2.06. The van der Waals surface area contributed by atoms with E-state index in [0.29, 0.717) is 37.7 Å². The number of carbonyl (C=O) groups is 1. The highest BCUT2D eigenvalue weighted by molar-refractivity contribution is 6.31. The van der Waals surface area contributed by atoms with E-state index in [-0.39, 0.29) is 5.91 Å². The first-order valence-electron chi connectivity index (χ1n) is 6.17. The van der Waals surface area contributed by atoms with Crippen LogP contribution in [-0.4, -0.2) is 35.4 Å². The van der Waals surface area contributed by atoms with Gasteiger partial charge in [-0.2, -0.15) is 5.10 Å². The van der Waals surface area contributed by atoms with Crippen molar-refractivity contribution >= 4 is 17.5 Å². The summed E-state index contributed by atoms with van der Waals surface area (Å²) in [6.07, 6.45) is 2.84. The molecule has 5 nitrogen and oxygen atoms in total. The molecule has 0 aromatic carbocycles. The number of halogens is 1. The summed E-state index contributed by atoms with van der Waals surface area (Å²) in [6, 6.07) is 0.